The molecule has 0 aliphatic carbocycles. The Kier molecular flexibility index (Phi) is 4.04. The molecule has 0 spiro atoms. The number of piperazine rings is 1. The van der Waals surface area contributed by atoms with Gasteiger partial charge in [0.2, 0.25) is 0 Å². The summed E-state index contributed by atoms with van der Waals surface area (Å²) < 4.78 is 5.68. The van der Waals surface area contributed by atoms with Crippen LogP contribution >= 0.6 is 11.3 Å². The SMILES string of the molecule is Cc1csc(C2Cc3ccc(N4CCNC(C)(C)C4)cc3OC2=O)n1. The molecule has 3 heterocycles. The monoisotopic (exact) mass is 357 g/mol. The van der Waals surface area contributed by atoms with Crippen molar-refractivity contribution in [3.05, 3.63) is 39.8 Å². The number of aromatic nitrogens is 1. The molecule has 1 fully saturated rings. The highest BCUT2D eigenvalue weighted by molar-refractivity contribution is 7.09. The first kappa shape index (κ1) is 16.5. The smallest absolute Gasteiger partial charge is 0.321 e. The van der Waals surface area contributed by atoms with Gasteiger partial charge in [-0.3, -0.25) is 4.79 Å². The van der Waals surface area contributed by atoms with Crippen LogP contribution in [-0.2, 0) is 11.2 Å². The van der Waals surface area contributed by atoms with E-state index >= 15 is 0 Å². The van der Waals surface area contributed by atoms with Gasteiger partial charge in [-0.15, -0.1) is 11.3 Å². The number of anilines is 1. The Hall–Kier alpha value is -1.92. The predicted molar refractivity (Wildman–Crippen MR) is 99.7 cm³/mol. The molecule has 1 saturated heterocycles. The highest BCUT2D eigenvalue weighted by Crippen LogP contribution is 2.37. The maximum atomic E-state index is 12.5. The highest BCUT2D eigenvalue weighted by atomic mass is 32.1. The number of benzene rings is 1. The fourth-order valence-electron chi connectivity index (χ4n) is 3.57. The van der Waals surface area contributed by atoms with E-state index in [-0.39, 0.29) is 17.4 Å². The molecular formula is C19H23N3O2S. The quantitative estimate of drug-likeness (QED) is 0.662. The molecule has 2 aromatic rings. The third-order valence-corrected chi connectivity index (χ3v) is 5.92. The van der Waals surface area contributed by atoms with Crippen LogP contribution in [0.15, 0.2) is 23.6 Å². The van der Waals surface area contributed by atoms with Gasteiger partial charge in [0.1, 0.15) is 16.7 Å². The first-order valence-electron chi connectivity index (χ1n) is 8.68. The predicted octanol–water partition coefficient (Wildman–Crippen LogP) is 2.89. The summed E-state index contributed by atoms with van der Waals surface area (Å²) in [5, 5.41) is 6.35. The van der Waals surface area contributed by atoms with Gasteiger partial charge in [0, 0.05) is 48.0 Å². The van der Waals surface area contributed by atoms with Crippen LogP contribution < -0.4 is 15.0 Å². The third-order valence-electron chi connectivity index (χ3n) is 4.84. The molecule has 0 bridgehead atoms. The van der Waals surface area contributed by atoms with Crippen molar-refractivity contribution in [2.75, 3.05) is 24.5 Å². The normalized spacial score (nSPS) is 22.4. The zero-order chi connectivity index (χ0) is 17.6. The van der Waals surface area contributed by atoms with Crippen LogP contribution in [-0.4, -0.2) is 36.1 Å². The lowest BCUT2D eigenvalue weighted by atomic mass is 9.95. The Morgan fingerprint density at radius 1 is 1.40 bits per heavy atom. The fourth-order valence-corrected chi connectivity index (χ4v) is 4.45. The van der Waals surface area contributed by atoms with Gasteiger partial charge in [0.25, 0.3) is 0 Å². The van der Waals surface area contributed by atoms with Gasteiger partial charge < -0.3 is 15.0 Å². The molecule has 0 saturated carbocycles. The Balaban J connectivity index is 1.58. The van der Waals surface area contributed by atoms with Crippen molar-refractivity contribution < 1.29 is 9.53 Å². The molecule has 0 amide bonds. The number of nitrogens with zero attached hydrogens (tertiary/aromatic N) is 2. The minimum Gasteiger partial charge on any atom is -0.426 e. The number of nitrogens with one attached hydrogen (secondary N) is 1. The highest BCUT2D eigenvalue weighted by Gasteiger charge is 2.33. The molecule has 4 rings (SSSR count). The maximum Gasteiger partial charge on any atom is 0.321 e. The molecule has 1 aromatic heterocycles. The van der Waals surface area contributed by atoms with Gasteiger partial charge in [-0.2, -0.15) is 0 Å². The van der Waals surface area contributed by atoms with Crippen molar-refractivity contribution >= 4 is 23.0 Å². The van der Waals surface area contributed by atoms with Crippen LogP contribution in [0, 0.1) is 6.92 Å². The van der Waals surface area contributed by atoms with Crippen LogP contribution in [0.25, 0.3) is 0 Å². The Labute approximate surface area is 152 Å². The Morgan fingerprint density at radius 3 is 2.96 bits per heavy atom. The van der Waals surface area contributed by atoms with E-state index in [1.54, 1.807) is 0 Å². The van der Waals surface area contributed by atoms with Gasteiger partial charge in [-0.1, -0.05) is 6.07 Å². The summed E-state index contributed by atoms with van der Waals surface area (Å²) in [6, 6.07) is 6.25. The molecule has 132 valence electrons. The van der Waals surface area contributed by atoms with Gasteiger partial charge in [0.05, 0.1) is 0 Å². The average molecular weight is 357 g/mol. The zero-order valence-corrected chi connectivity index (χ0v) is 15.7. The van der Waals surface area contributed by atoms with Gasteiger partial charge in [-0.25, -0.2) is 4.98 Å². The number of thiazole rings is 1. The molecule has 1 aromatic carbocycles. The van der Waals surface area contributed by atoms with Crippen LogP contribution in [0.3, 0.4) is 0 Å². The molecule has 1 atom stereocenters. The van der Waals surface area contributed by atoms with E-state index in [0.29, 0.717) is 12.2 Å². The van der Waals surface area contributed by atoms with Crippen molar-refractivity contribution in [3.8, 4) is 5.75 Å². The van der Waals surface area contributed by atoms with Gasteiger partial charge >= 0.3 is 5.97 Å². The lowest BCUT2D eigenvalue weighted by molar-refractivity contribution is -0.137. The molecule has 25 heavy (non-hydrogen) atoms. The van der Waals surface area contributed by atoms with E-state index < -0.39 is 0 Å². The van der Waals surface area contributed by atoms with Crippen molar-refractivity contribution in [1.29, 1.82) is 0 Å². The Morgan fingerprint density at radius 2 is 2.24 bits per heavy atom. The minimum atomic E-state index is -0.282. The molecular weight excluding hydrogens is 334 g/mol. The number of rotatable bonds is 2. The number of hydrogen-bond acceptors (Lipinski definition) is 6. The summed E-state index contributed by atoms with van der Waals surface area (Å²) in [6.45, 7) is 9.20. The minimum absolute atomic E-state index is 0.0820. The van der Waals surface area contributed by atoms with E-state index in [4.69, 9.17) is 4.74 Å². The molecule has 5 nitrogen and oxygen atoms in total. The zero-order valence-electron chi connectivity index (χ0n) is 14.8. The van der Waals surface area contributed by atoms with Crippen molar-refractivity contribution in [2.45, 2.75) is 38.6 Å². The van der Waals surface area contributed by atoms with Gasteiger partial charge in [0.15, 0.2) is 0 Å². The average Bonchev–Trinajstić information content (AvgIpc) is 2.99. The molecule has 1 unspecified atom stereocenters. The van der Waals surface area contributed by atoms with E-state index in [9.17, 15) is 4.79 Å². The summed E-state index contributed by atoms with van der Waals surface area (Å²) in [7, 11) is 0. The third kappa shape index (κ3) is 3.28. The van der Waals surface area contributed by atoms with Gasteiger partial charge in [-0.05, 0) is 38.8 Å². The lowest BCUT2D eigenvalue weighted by Gasteiger charge is -2.40. The largest absolute Gasteiger partial charge is 0.426 e. The summed E-state index contributed by atoms with van der Waals surface area (Å²) in [5.41, 5.74) is 3.23. The Bertz CT molecular complexity index is 815. The van der Waals surface area contributed by atoms with Crippen LogP contribution in [0.5, 0.6) is 5.75 Å². The second-order valence-electron chi connectivity index (χ2n) is 7.53. The second kappa shape index (κ2) is 6.11. The number of hydrogen-bond donors (Lipinski definition) is 1. The topological polar surface area (TPSA) is 54.5 Å². The number of ether oxygens (including phenoxy) is 1. The van der Waals surface area contributed by atoms with Crippen LogP contribution in [0.4, 0.5) is 5.69 Å². The van der Waals surface area contributed by atoms with Crippen LogP contribution in [0.1, 0.15) is 36.0 Å². The summed E-state index contributed by atoms with van der Waals surface area (Å²) in [6.07, 6.45) is 0.661. The fraction of sp³-hybridized carbons (Fsp3) is 0.474. The first-order chi connectivity index (χ1) is 11.9. The summed E-state index contributed by atoms with van der Waals surface area (Å²) >= 11 is 1.53. The van der Waals surface area contributed by atoms with Crippen molar-refractivity contribution in [3.63, 3.8) is 0 Å². The molecule has 2 aliphatic heterocycles. The molecule has 6 heteroatoms. The van der Waals surface area contributed by atoms with E-state index in [1.165, 1.54) is 11.3 Å². The number of fused-ring (bicyclic) bond motifs is 1. The lowest BCUT2D eigenvalue weighted by Crippen LogP contribution is -2.57. The standard InChI is InChI=1S/C19H23N3O2S/c1-12-10-25-17(21-12)15-8-13-4-5-14(9-16(13)24-18(15)23)22-7-6-20-19(2,3)11-22/h4-5,9-10,15,20H,6-8,11H2,1-3H3. The van der Waals surface area contributed by atoms with E-state index in [2.05, 4.69) is 41.2 Å². The van der Waals surface area contributed by atoms with Crippen molar-refractivity contribution in [1.82, 2.24) is 10.3 Å². The molecule has 2 aliphatic rings. The van der Waals surface area contributed by atoms with Crippen molar-refractivity contribution in [2.24, 2.45) is 0 Å². The number of carbonyl (C=O) groups is 1. The molecule has 0 radical (unpaired) electrons. The summed E-state index contributed by atoms with van der Waals surface area (Å²) in [4.78, 5) is 19.3. The second-order valence-corrected chi connectivity index (χ2v) is 8.42. The van der Waals surface area contributed by atoms with E-state index in [1.807, 2.05) is 18.4 Å². The van der Waals surface area contributed by atoms with E-state index in [0.717, 1.165) is 41.6 Å². The molecule has 1 N–H and O–H groups in total. The summed E-state index contributed by atoms with van der Waals surface area (Å²) in [5.74, 6) is 0.221. The number of esters is 1. The maximum absolute atomic E-state index is 12.5. The number of aryl methyl sites for hydroxylation is 1. The first-order valence-corrected chi connectivity index (χ1v) is 9.56. The number of carbonyl (C=O) groups excluding carboxylic acids is 1. The van der Waals surface area contributed by atoms with Crippen LogP contribution in [0.2, 0.25) is 0 Å².